The first-order valence-electron chi connectivity index (χ1n) is 7.49. The van der Waals surface area contributed by atoms with Gasteiger partial charge in [-0.15, -0.1) is 0 Å². The molecule has 0 spiro atoms. The summed E-state index contributed by atoms with van der Waals surface area (Å²) in [5.74, 6) is 1.20. The molecule has 124 valence electrons. The Kier molecular flexibility index (Phi) is 4.49. The molecule has 2 aromatic carbocycles. The molecule has 0 N–H and O–H groups in total. The maximum Gasteiger partial charge on any atom is 0.339 e. The number of aryl methyl sites for hydroxylation is 1. The van der Waals surface area contributed by atoms with Crippen LogP contribution in [0.4, 0.5) is 0 Å². The maximum absolute atomic E-state index is 11.9. The molecule has 0 saturated carbocycles. The van der Waals surface area contributed by atoms with Crippen LogP contribution >= 0.6 is 11.6 Å². The van der Waals surface area contributed by atoms with Crippen molar-refractivity contribution in [3.05, 3.63) is 68.5 Å². The topological polar surface area (TPSA) is 48.7 Å². The average molecular weight is 345 g/mol. The van der Waals surface area contributed by atoms with Crippen molar-refractivity contribution < 1.29 is 13.9 Å². The van der Waals surface area contributed by atoms with Crippen molar-refractivity contribution >= 4 is 22.6 Å². The molecule has 0 fully saturated rings. The number of hydrogen-bond donors (Lipinski definition) is 0. The van der Waals surface area contributed by atoms with E-state index in [1.807, 2.05) is 31.2 Å². The summed E-state index contributed by atoms with van der Waals surface area (Å²) in [6, 6.07) is 11.0. The van der Waals surface area contributed by atoms with Crippen LogP contribution in [0, 0.1) is 13.8 Å². The fourth-order valence-electron chi connectivity index (χ4n) is 2.53. The van der Waals surface area contributed by atoms with Gasteiger partial charge >= 0.3 is 5.63 Å². The number of para-hydroxylation sites is 1. The molecule has 0 bridgehead atoms. The third-order valence-corrected chi connectivity index (χ3v) is 4.38. The van der Waals surface area contributed by atoms with Crippen LogP contribution in [0.2, 0.25) is 5.02 Å². The smallest absolute Gasteiger partial charge is 0.339 e. The molecule has 1 heterocycles. The maximum atomic E-state index is 11.9. The van der Waals surface area contributed by atoms with Crippen LogP contribution in [-0.4, -0.2) is 7.11 Å². The Labute approximate surface area is 144 Å². The monoisotopic (exact) mass is 344 g/mol. The molecule has 0 radical (unpaired) electrons. The van der Waals surface area contributed by atoms with E-state index in [-0.39, 0.29) is 5.63 Å². The van der Waals surface area contributed by atoms with Gasteiger partial charge in [-0.2, -0.15) is 0 Å². The molecular formula is C19H17ClO4. The van der Waals surface area contributed by atoms with Crippen molar-refractivity contribution in [2.24, 2.45) is 0 Å². The quantitative estimate of drug-likeness (QED) is 0.646. The highest BCUT2D eigenvalue weighted by Crippen LogP contribution is 2.32. The van der Waals surface area contributed by atoms with Crippen molar-refractivity contribution in [1.82, 2.24) is 0 Å². The fourth-order valence-corrected chi connectivity index (χ4v) is 2.75. The zero-order chi connectivity index (χ0) is 17.3. The molecule has 0 aliphatic carbocycles. The Morgan fingerprint density at radius 2 is 1.83 bits per heavy atom. The van der Waals surface area contributed by atoms with E-state index in [2.05, 4.69) is 0 Å². The van der Waals surface area contributed by atoms with Crippen molar-refractivity contribution in [3.8, 4) is 11.5 Å². The first-order valence-corrected chi connectivity index (χ1v) is 7.87. The zero-order valence-corrected chi connectivity index (χ0v) is 14.4. The third-order valence-electron chi connectivity index (χ3n) is 4.09. The second-order valence-electron chi connectivity index (χ2n) is 5.52. The van der Waals surface area contributed by atoms with Crippen LogP contribution in [-0.2, 0) is 6.61 Å². The highest BCUT2D eigenvalue weighted by Gasteiger charge is 2.12. The molecule has 1 aromatic heterocycles. The number of halogens is 1. The van der Waals surface area contributed by atoms with Crippen molar-refractivity contribution in [2.45, 2.75) is 20.5 Å². The van der Waals surface area contributed by atoms with E-state index in [4.69, 9.17) is 25.5 Å². The van der Waals surface area contributed by atoms with Crippen molar-refractivity contribution in [1.29, 1.82) is 0 Å². The van der Waals surface area contributed by atoms with Gasteiger partial charge in [0.2, 0.25) is 0 Å². The fraction of sp³-hybridized carbons (Fsp3) is 0.211. The van der Waals surface area contributed by atoms with Gasteiger partial charge in [-0.25, -0.2) is 4.79 Å². The molecular weight excluding hydrogens is 328 g/mol. The molecule has 5 heteroatoms. The van der Waals surface area contributed by atoms with Gasteiger partial charge in [0.1, 0.15) is 23.7 Å². The van der Waals surface area contributed by atoms with E-state index in [0.717, 1.165) is 22.3 Å². The van der Waals surface area contributed by atoms with Crippen molar-refractivity contribution in [3.63, 3.8) is 0 Å². The second-order valence-corrected chi connectivity index (χ2v) is 5.93. The first-order chi connectivity index (χ1) is 11.5. The first kappa shape index (κ1) is 16.4. The summed E-state index contributed by atoms with van der Waals surface area (Å²) in [6.45, 7) is 3.91. The second kappa shape index (κ2) is 6.57. The highest BCUT2D eigenvalue weighted by molar-refractivity contribution is 6.32. The number of benzene rings is 2. The van der Waals surface area contributed by atoms with E-state index in [1.54, 1.807) is 26.2 Å². The van der Waals surface area contributed by atoms with Gasteiger partial charge in [0, 0.05) is 22.6 Å². The van der Waals surface area contributed by atoms with Gasteiger partial charge in [0.15, 0.2) is 0 Å². The van der Waals surface area contributed by atoms with Gasteiger partial charge < -0.3 is 13.9 Å². The molecule has 4 nitrogen and oxygen atoms in total. The van der Waals surface area contributed by atoms with Crippen LogP contribution in [0.5, 0.6) is 11.5 Å². The molecule has 0 aliphatic rings. The Morgan fingerprint density at radius 1 is 1.08 bits per heavy atom. The minimum Gasteiger partial charge on any atom is -0.496 e. The SMILES string of the molecule is COc1ccccc1COc1cc2oc(=O)c(C)c(C)c2cc1Cl. The largest absolute Gasteiger partial charge is 0.496 e. The van der Waals surface area contributed by atoms with Crippen LogP contribution in [0.15, 0.2) is 45.6 Å². The molecule has 24 heavy (non-hydrogen) atoms. The lowest BCUT2D eigenvalue weighted by Crippen LogP contribution is -2.06. The number of hydrogen-bond acceptors (Lipinski definition) is 4. The molecule has 0 unspecified atom stereocenters. The van der Waals surface area contributed by atoms with E-state index >= 15 is 0 Å². The lowest BCUT2D eigenvalue weighted by molar-refractivity contribution is 0.297. The lowest BCUT2D eigenvalue weighted by atomic mass is 10.1. The molecule has 0 saturated heterocycles. The van der Waals surface area contributed by atoms with E-state index < -0.39 is 0 Å². The minimum absolute atomic E-state index is 0.296. The van der Waals surface area contributed by atoms with E-state index in [9.17, 15) is 4.79 Å². The van der Waals surface area contributed by atoms with Crippen LogP contribution in [0.25, 0.3) is 11.0 Å². The number of rotatable bonds is 4. The number of fused-ring (bicyclic) bond motifs is 1. The average Bonchev–Trinajstić information content (AvgIpc) is 2.59. The summed E-state index contributed by atoms with van der Waals surface area (Å²) in [7, 11) is 1.61. The summed E-state index contributed by atoms with van der Waals surface area (Å²) in [6.07, 6.45) is 0. The minimum atomic E-state index is -0.349. The molecule has 0 aliphatic heterocycles. The molecule has 3 aromatic rings. The summed E-state index contributed by atoms with van der Waals surface area (Å²) < 4.78 is 16.5. The summed E-state index contributed by atoms with van der Waals surface area (Å²) >= 11 is 6.33. The zero-order valence-electron chi connectivity index (χ0n) is 13.7. The molecule has 0 amide bonds. The Bertz CT molecular complexity index is 959. The highest BCUT2D eigenvalue weighted by atomic mass is 35.5. The van der Waals surface area contributed by atoms with E-state index in [0.29, 0.717) is 28.5 Å². The summed E-state index contributed by atoms with van der Waals surface area (Å²) in [5, 5.41) is 1.27. The van der Waals surface area contributed by atoms with E-state index in [1.165, 1.54) is 0 Å². The Morgan fingerprint density at radius 3 is 2.58 bits per heavy atom. The Hall–Kier alpha value is -2.46. The standard InChI is InChI=1S/C19H17ClO4/c1-11-12(2)19(21)24-17-9-18(15(20)8-14(11)17)23-10-13-6-4-5-7-16(13)22-3/h4-9H,10H2,1-3H3. The van der Waals surface area contributed by atoms with Crippen LogP contribution in [0.3, 0.4) is 0 Å². The van der Waals surface area contributed by atoms with Crippen LogP contribution < -0.4 is 15.1 Å². The molecule has 3 rings (SSSR count). The van der Waals surface area contributed by atoms with Gasteiger partial charge in [0.05, 0.1) is 12.1 Å². The van der Waals surface area contributed by atoms with Gasteiger partial charge in [-0.1, -0.05) is 29.8 Å². The summed E-state index contributed by atoms with van der Waals surface area (Å²) in [5.41, 5.74) is 2.46. The number of methoxy groups -OCH3 is 1. The van der Waals surface area contributed by atoms with Crippen molar-refractivity contribution in [2.75, 3.05) is 7.11 Å². The predicted octanol–water partition coefficient (Wildman–Crippen LogP) is 4.65. The van der Waals surface area contributed by atoms with Gasteiger partial charge in [-0.3, -0.25) is 0 Å². The van der Waals surface area contributed by atoms with Crippen LogP contribution in [0.1, 0.15) is 16.7 Å². The number of ether oxygens (including phenoxy) is 2. The van der Waals surface area contributed by atoms with Gasteiger partial charge in [-0.05, 0) is 31.5 Å². The van der Waals surface area contributed by atoms with Gasteiger partial charge in [0.25, 0.3) is 0 Å². The predicted molar refractivity (Wildman–Crippen MR) is 94.3 cm³/mol. The normalized spacial score (nSPS) is 10.8. The molecule has 0 atom stereocenters. The lowest BCUT2D eigenvalue weighted by Gasteiger charge is -2.12. The third kappa shape index (κ3) is 2.97. The summed E-state index contributed by atoms with van der Waals surface area (Å²) in [4.78, 5) is 11.9. The Balaban J connectivity index is 1.97.